The number of carbonyl (C=O) groups is 1. The van der Waals surface area contributed by atoms with Crippen molar-refractivity contribution >= 4 is 5.97 Å². The summed E-state index contributed by atoms with van der Waals surface area (Å²) in [6.07, 6.45) is 2.75. The molecule has 0 bridgehead atoms. The third kappa shape index (κ3) is 2.04. The second-order valence-electron chi connectivity index (χ2n) is 4.24. The summed E-state index contributed by atoms with van der Waals surface area (Å²) in [5.74, 6) is -0.00791. The van der Waals surface area contributed by atoms with Gasteiger partial charge in [0, 0.05) is 0 Å². The van der Waals surface area contributed by atoms with E-state index in [2.05, 4.69) is 25.1 Å². The first kappa shape index (κ1) is 10.2. The Balaban J connectivity index is 2.22. The highest BCUT2D eigenvalue weighted by Gasteiger charge is 2.24. The molecule has 1 atom stereocenters. The van der Waals surface area contributed by atoms with Gasteiger partial charge in [0.1, 0.15) is 0 Å². The number of esters is 1. The summed E-state index contributed by atoms with van der Waals surface area (Å²) in [4.78, 5) is 11.4. The molecule has 0 fully saturated rings. The van der Waals surface area contributed by atoms with Gasteiger partial charge < -0.3 is 4.74 Å². The average molecular weight is 204 g/mol. The topological polar surface area (TPSA) is 26.3 Å². The van der Waals surface area contributed by atoms with Gasteiger partial charge in [-0.3, -0.25) is 4.79 Å². The normalized spacial score (nSPS) is 19.5. The number of fused-ring (bicyclic) bond motifs is 1. The summed E-state index contributed by atoms with van der Waals surface area (Å²) in [6, 6.07) is 6.50. The van der Waals surface area contributed by atoms with Gasteiger partial charge in [-0.05, 0) is 37.3 Å². The molecule has 0 heterocycles. The third-order valence-corrected chi connectivity index (χ3v) is 3.12. The van der Waals surface area contributed by atoms with E-state index in [1.165, 1.54) is 23.8 Å². The molecule has 0 spiro atoms. The monoisotopic (exact) mass is 204 g/mol. The maximum absolute atomic E-state index is 11.4. The lowest BCUT2D eigenvalue weighted by Gasteiger charge is -2.22. The largest absolute Gasteiger partial charge is 0.469 e. The van der Waals surface area contributed by atoms with Crippen molar-refractivity contribution in [3.05, 3.63) is 34.9 Å². The van der Waals surface area contributed by atoms with Crippen LogP contribution in [0.5, 0.6) is 0 Å². The molecule has 0 radical (unpaired) electrons. The number of methoxy groups -OCH3 is 1. The zero-order chi connectivity index (χ0) is 10.8. The van der Waals surface area contributed by atoms with Crippen LogP contribution in [0, 0.1) is 12.8 Å². The van der Waals surface area contributed by atoms with E-state index in [4.69, 9.17) is 4.74 Å². The van der Waals surface area contributed by atoms with Crippen molar-refractivity contribution in [1.29, 1.82) is 0 Å². The highest BCUT2D eigenvalue weighted by molar-refractivity contribution is 5.73. The first-order valence-corrected chi connectivity index (χ1v) is 5.37. The first-order valence-electron chi connectivity index (χ1n) is 5.37. The average Bonchev–Trinajstić information content (AvgIpc) is 2.27. The van der Waals surface area contributed by atoms with E-state index >= 15 is 0 Å². The van der Waals surface area contributed by atoms with Crippen molar-refractivity contribution in [3.8, 4) is 0 Å². The van der Waals surface area contributed by atoms with Gasteiger partial charge in [-0.25, -0.2) is 0 Å². The fourth-order valence-electron chi connectivity index (χ4n) is 2.25. The number of hydrogen-bond acceptors (Lipinski definition) is 2. The lowest BCUT2D eigenvalue weighted by Crippen LogP contribution is -2.23. The van der Waals surface area contributed by atoms with E-state index < -0.39 is 0 Å². The van der Waals surface area contributed by atoms with Crippen molar-refractivity contribution in [2.75, 3.05) is 7.11 Å². The number of aryl methyl sites for hydroxylation is 2. The number of carbonyl (C=O) groups excluding carboxylic acids is 1. The van der Waals surface area contributed by atoms with Gasteiger partial charge in [-0.1, -0.05) is 23.8 Å². The van der Waals surface area contributed by atoms with Crippen LogP contribution in [0.4, 0.5) is 0 Å². The van der Waals surface area contributed by atoms with Gasteiger partial charge in [0.25, 0.3) is 0 Å². The van der Waals surface area contributed by atoms with Crippen molar-refractivity contribution < 1.29 is 9.53 Å². The molecule has 2 nitrogen and oxygen atoms in total. The van der Waals surface area contributed by atoms with Gasteiger partial charge >= 0.3 is 5.97 Å². The molecule has 0 aliphatic heterocycles. The molecule has 1 aromatic rings. The van der Waals surface area contributed by atoms with Crippen molar-refractivity contribution in [3.63, 3.8) is 0 Å². The Hall–Kier alpha value is -1.31. The molecular weight excluding hydrogens is 188 g/mol. The van der Waals surface area contributed by atoms with E-state index in [9.17, 15) is 4.79 Å². The second kappa shape index (κ2) is 4.05. The Kier molecular flexibility index (Phi) is 2.76. The van der Waals surface area contributed by atoms with Crippen molar-refractivity contribution in [2.45, 2.75) is 26.2 Å². The van der Waals surface area contributed by atoms with Crippen LogP contribution in [0.2, 0.25) is 0 Å². The second-order valence-corrected chi connectivity index (χ2v) is 4.24. The minimum atomic E-state index is -0.0674. The van der Waals surface area contributed by atoms with Gasteiger partial charge in [-0.15, -0.1) is 0 Å². The number of hydrogen-bond donors (Lipinski definition) is 0. The number of benzene rings is 1. The lowest BCUT2D eigenvalue weighted by molar-refractivity contribution is -0.145. The molecule has 0 N–H and O–H groups in total. The molecule has 0 saturated carbocycles. The SMILES string of the molecule is COC(=O)C1CCc2ccc(C)cc2C1. The number of rotatable bonds is 1. The Labute approximate surface area is 90.3 Å². The van der Waals surface area contributed by atoms with E-state index in [-0.39, 0.29) is 11.9 Å². The highest BCUT2D eigenvalue weighted by atomic mass is 16.5. The van der Waals surface area contributed by atoms with E-state index in [0.29, 0.717) is 0 Å². The number of ether oxygens (including phenoxy) is 1. The Bertz CT molecular complexity index is 382. The quantitative estimate of drug-likeness (QED) is 0.656. The van der Waals surface area contributed by atoms with E-state index in [0.717, 1.165) is 19.3 Å². The summed E-state index contributed by atoms with van der Waals surface area (Å²) in [5.41, 5.74) is 3.97. The lowest BCUT2D eigenvalue weighted by atomic mass is 9.83. The summed E-state index contributed by atoms with van der Waals surface area (Å²) in [5, 5.41) is 0. The van der Waals surface area contributed by atoms with Gasteiger partial charge in [0.15, 0.2) is 0 Å². The molecule has 15 heavy (non-hydrogen) atoms. The predicted molar refractivity (Wildman–Crippen MR) is 58.7 cm³/mol. The Morgan fingerprint density at radius 1 is 1.40 bits per heavy atom. The minimum absolute atomic E-state index is 0.0595. The van der Waals surface area contributed by atoms with Gasteiger partial charge in [-0.2, -0.15) is 0 Å². The molecule has 1 aliphatic rings. The molecule has 0 aromatic heterocycles. The highest BCUT2D eigenvalue weighted by Crippen LogP contribution is 2.26. The molecular formula is C13H16O2. The smallest absolute Gasteiger partial charge is 0.309 e. The molecule has 1 unspecified atom stereocenters. The molecule has 0 amide bonds. The molecule has 1 aliphatic carbocycles. The summed E-state index contributed by atoms with van der Waals surface area (Å²) in [7, 11) is 1.47. The molecule has 80 valence electrons. The third-order valence-electron chi connectivity index (χ3n) is 3.12. The predicted octanol–water partition coefficient (Wildman–Crippen LogP) is 2.27. The van der Waals surface area contributed by atoms with Crippen LogP contribution in [0.3, 0.4) is 0 Å². The van der Waals surface area contributed by atoms with Crippen LogP contribution >= 0.6 is 0 Å². The first-order chi connectivity index (χ1) is 7.20. The maximum Gasteiger partial charge on any atom is 0.309 e. The van der Waals surface area contributed by atoms with Gasteiger partial charge in [0.05, 0.1) is 13.0 Å². The van der Waals surface area contributed by atoms with E-state index in [1.807, 2.05) is 0 Å². The zero-order valence-corrected chi connectivity index (χ0v) is 9.25. The fourth-order valence-corrected chi connectivity index (χ4v) is 2.25. The zero-order valence-electron chi connectivity index (χ0n) is 9.25. The van der Waals surface area contributed by atoms with Crippen LogP contribution in [0.25, 0.3) is 0 Å². The van der Waals surface area contributed by atoms with Gasteiger partial charge in [0.2, 0.25) is 0 Å². The molecule has 0 saturated heterocycles. The van der Waals surface area contributed by atoms with E-state index in [1.54, 1.807) is 0 Å². The van der Waals surface area contributed by atoms with Crippen LogP contribution in [-0.4, -0.2) is 13.1 Å². The fraction of sp³-hybridized carbons (Fsp3) is 0.462. The maximum atomic E-state index is 11.4. The summed E-state index contributed by atoms with van der Waals surface area (Å²) < 4.78 is 4.80. The standard InChI is InChI=1S/C13H16O2/c1-9-3-4-10-5-6-11(13(14)15-2)8-12(10)7-9/h3-4,7,11H,5-6,8H2,1-2H3. The van der Waals surface area contributed by atoms with Crippen LogP contribution in [0.15, 0.2) is 18.2 Å². The summed E-state index contributed by atoms with van der Waals surface area (Å²) in [6.45, 7) is 2.09. The molecule has 2 rings (SSSR count). The van der Waals surface area contributed by atoms with Crippen molar-refractivity contribution in [2.24, 2.45) is 5.92 Å². The van der Waals surface area contributed by atoms with Crippen LogP contribution < -0.4 is 0 Å². The van der Waals surface area contributed by atoms with Crippen LogP contribution in [0.1, 0.15) is 23.1 Å². The minimum Gasteiger partial charge on any atom is -0.469 e. The molecule has 1 aromatic carbocycles. The Morgan fingerprint density at radius 3 is 2.93 bits per heavy atom. The van der Waals surface area contributed by atoms with Crippen molar-refractivity contribution in [1.82, 2.24) is 0 Å². The Morgan fingerprint density at radius 2 is 2.20 bits per heavy atom. The van der Waals surface area contributed by atoms with Crippen LogP contribution in [-0.2, 0) is 22.4 Å². The summed E-state index contributed by atoms with van der Waals surface area (Å²) >= 11 is 0. The molecule has 2 heteroatoms.